The van der Waals surface area contributed by atoms with E-state index in [2.05, 4.69) is 28.9 Å². The number of rotatable bonds is 8. The van der Waals surface area contributed by atoms with Crippen LogP contribution in [0.2, 0.25) is 0 Å². The normalized spacial score (nSPS) is 13.5. The van der Waals surface area contributed by atoms with Crippen LogP contribution in [0.5, 0.6) is 11.8 Å². The van der Waals surface area contributed by atoms with E-state index in [0.29, 0.717) is 0 Å². The fraction of sp³-hybridized carbons (Fsp3) is 0.458. The van der Waals surface area contributed by atoms with Crippen LogP contribution in [0.3, 0.4) is 0 Å². The summed E-state index contributed by atoms with van der Waals surface area (Å²) in [7, 11) is 1.38. The zero-order valence-corrected chi connectivity index (χ0v) is 20.0. The number of nitrogens with zero attached hydrogens (tertiary/aromatic N) is 2. The maximum Gasteiger partial charge on any atom is 0.388 e. The molecule has 1 aliphatic rings. The first-order valence-electron chi connectivity index (χ1n) is 11.3. The van der Waals surface area contributed by atoms with Crippen molar-refractivity contribution in [3.8, 4) is 11.8 Å². The molecule has 3 N–H and O–H groups in total. The number of para-hydroxylation sites is 1. The molecule has 0 spiro atoms. The highest BCUT2D eigenvalue weighted by Crippen LogP contribution is 2.34. The zero-order chi connectivity index (χ0) is 25.8. The number of carbonyl (C=O) groups excluding carboxylic acids is 2. The molecule has 11 heteroatoms. The number of hydrogen-bond acceptors (Lipinski definition) is 6. The number of benzene rings is 1. The molecule has 9 nitrogen and oxygen atoms in total. The average Bonchev–Trinajstić information content (AvgIpc) is 2.86. The minimum Gasteiger partial charge on any atom is -0.481 e. The number of amides is 3. The number of ether oxygens (including phenoxy) is 2. The number of methoxy groups -OCH3 is 1. The molecule has 0 radical (unpaired) electrons. The van der Waals surface area contributed by atoms with E-state index >= 15 is 0 Å². The van der Waals surface area contributed by atoms with Gasteiger partial charge in [0.25, 0.3) is 0 Å². The molecule has 0 aliphatic heterocycles. The number of halogens is 2. The van der Waals surface area contributed by atoms with Crippen LogP contribution in [0, 0.1) is 0 Å². The van der Waals surface area contributed by atoms with E-state index in [0.717, 1.165) is 43.4 Å². The SMILES string of the molecule is COc1ccc(NC(=O)N(c2ccccc2C(C)C)C2CCCCC2)c(OC(F)F)n1.O=CNO. The van der Waals surface area contributed by atoms with Crippen molar-refractivity contribution in [1.82, 2.24) is 10.5 Å². The molecular weight excluding hydrogens is 462 g/mol. The summed E-state index contributed by atoms with van der Waals surface area (Å²) in [6.45, 7) is 1.08. The molecule has 2 aromatic rings. The zero-order valence-electron chi connectivity index (χ0n) is 20.0. The van der Waals surface area contributed by atoms with Crippen molar-refractivity contribution in [2.75, 3.05) is 17.3 Å². The first kappa shape index (κ1) is 27.8. The Morgan fingerprint density at radius 2 is 1.83 bits per heavy atom. The van der Waals surface area contributed by atoms with Gasteiger partial charge in [-0.15, -0.1) is 0 Å². The third kappa shape index (κ3) is 8.06. The van der Waals surface area contributed by atoms with Gasteiger partial charge in [-0.05, 0) is 36.5 Å². The van der Waals surface area contributed by atoms with Gasteiger partial charge in [-0.2, -0.15) is 13.8 Å². The standard InChI is InChI=1S/C23H29F2N3O3.CH3NO2/c1-15(2)17-11-7-8-12-19(17)28(16-9-5-4-6-10-16)23(29)26-18-13-14-20(30-3)27-21(18)31-22(24)25;3-1-2-4/h7-8,11-16,22H,4-6,9-10H2,1-3H3,(H,26,29);1,4H,(H,2,3). The number of hydroxylamine groups is 1. The van der Waals surface area contributed by atoms with Crippen LogP contribution in [-0.4, -0.2) is 42.4 Å². The van der Waals surface area contributed by atoms with Crippen LogP contribution >= 0.6 is 0 Å². The van der Waals surface area contributed by atoms with Crippen molar-refractivity contribution in [3.63, 3.8) is 0 Å². The highest BCUT2D eigenvalue weighted by molar-refractivity contribution is 6.03. The summed E-state index contributed by atoms with van der Waals surface area (Å²) in [5, 5.41) is 10.00. The van der Waals surface area contributed by atoms with Gasteiger partial charge in [0.2, 0.25) is 18.2 Å². The molecule has 35 heavy (non-hydrogen) atoms. The molecule has 0 unspecified atom stereocenters. The highest BCUT2D eigenvalue weighted by atomic mass is 19.3. The fourth-order valence-corrected chi connectivity index (χ4v) is 3.99. The summed E-state index contributed by atoms with van der Waals surface area (Å²) >= 11 is 0. The molecule has 1 aromatic heterocycles. The number of alkyl halides is 2. The van der Waals surface area contributed by atoms with E-state index in [1.807, 2.05) is 24.3 Å². The smallest absolute Gasteiger partial charge is 0.388 e. The van der Waals surface area contributed by atoms with Gasteiger partial charge >= 0.3 is 12.6 Å². The van der Waals surface area contributed by atoms with Crippen LogP contribution < -0.4 is 25.2 Å². The van der Waals surface area contributed by atoms with Gasteiger partial charge in [0.1, 0.15) is 5.69 Å². The summed E-state index contributed by atoms with van der Waals surface area (Å²) < 4.78 is 35.3. The number of aromatic nitrogens is 1. The Hall–Kier alpha value is -3.47. The molecule has 1 heterocycles. The number of anilines is 2. The number of nitrogens with one attached hydrogen (secondary N) is 2. The first-order valence-corrected chi connectivity index (χ1v) is 11.3. The monoisotopic (exact) mass is 494 g/mol. The third-order valence-electron chi connectivity index (χ3n) is 5.52. The van der Waals surface area contributed by atoms with E-state index < -0.39 is 12.6 Å². The Kier molecular flexibility index (Phi) is 11.1. The Morgan fingerprint density at radius 1 is 1.17 bits per heavy atom. The van der Waals surface area contributed by atoms with Crippen LogP contribution in [0.4, 0.5) is 25.0 Å². The van der Waals surface area contributed by atoms with E-state index in [9.17, 15) is 13.6 Å². The first-order chi connectivity index (χ1) is 16.8. The molecule has 1 aliphatic carbocycles. The van der Waals surface area contributed by atoms with Gasteiger partial charge in [-0.25, -0.2) is 10.3 Å². The van der Waals surface area contributed by atoms with E-state index in [-0.39, 0.29) is 35.8 Å². The molecule has 1 aromatic carbocycles. The summed E-state index contributed by atoms with van der Waals surface area (Å²) in [4.78, 5) is 28.0. The van der Waals surface area contributed by atoms with Crippen molar-refractivity contribution >= 4 is 23.8 Å². The van der Waals surface area contributed by atoms with E-state index in [4.69, 9.17) is 14.7 Å². The van der Waals surface area contributed by atoms with Crippen molar-refractivity contribution < 1.29 is 33.1 Å². The molecule has 3 rings (SSSR count). The lowest BCUT2D eigenvalue weighted by Crippen LogP contribution is -2.44. The fourth-order valence-electron chi connectivity index (χ4n) is 3.99. The van der Waals surface area contributed by atoms with E-state index in [1.54, 1.807) is 4.90 Å². The van der Waals surface area contributed by atoms with Gasteiger partial charge in [0.05, 0.1) is 7.11 Å². The summed E-state index contributed by atoms with van der Waals surface area (Å²) in [5.74, 6) is -0.0538. The van der Waals surface area contributed by atoms with Crippen molar-refractivity contribution in [2.24, 2.45) is 0 Å². The van der Waals surface area contributed by atoms with Gasteiger partial charge in [0.15, 0.2) is 0 Å². The summed E-state index contributed by atoms with van der Waals surface area (Å²) in [6.07, 6.45) is 5.19. The third-order valence-corrected chi connectivity index (χ3v) is 5.52. The van der Waals surface area contributed by atoms with Crippen LogP contribution in [-0.2, 0) is 4.79 Å². The Balaban J connectivity index is 0.00000100. The second kappa shape index (κ2) is 14.1. The van der Waals surface area contributed by atoms with Gasteiger partial charge in [-0.3, -0.25) is 14.9 Å². The summed E-state index contributed by atoms with van der Waals surface area (Å²) in [6, 6.07) is 10.4. The predicted molar refractivity (Wildman–Crippen MR) is 127 cm³/mol. The van der Waals surface area contributed by atoms with Crippen LogP contribution in [0.15, 0.2) is 36.4 Å². The molecule has 0 saturated heterocycles. The second-order valence-electron chi connectivity index (χ2n) is 8.14. The predicted octanol–water partition coefficient (Wildman–Crippen LogP) is 5.31. The van der Waals surface area contributed by atoms with Crippen molar-refractivity contribution in [1.29, 1.82) is 0 Å². The summed E-state index contributed by atoms with van der Waals surface area (Å²) in [5.41, 5.74) is 3.20. The molecule has 0 bridgehead atoms. The lowest BCUT2D eigenvalue weighted by atomic mass is 9.92. The van der Waals surface area contributed by atoms with Crippen molar-refractivity contribution in [3.05, 3.63) is 42.0 Å². The number of urea groups is 1. The molecule has 192 valence electrons. The Bertz CT molecular complexity index is 955. The number of hydrogen-bond donors (Lipinski definition) is 3. The molecule has 0 atom stereocenters. The lowest BCUT2D eigenvalue weighted by molar-refractivity contribution is -0.116. The molecule has 1 fully saturated rings. The largest absolute Gasteiger partial charge is 0.481 e. The minimum absolute atomic E-state index is 0.0272. The van der Waals surface area contributed by atoms with Crippen molar-refractivity contribution in [2.45, 2.75) is 64.5 Å². The lowest BCUT2D eigenvalue weighted by Gasteiger charge is -2.36. The number of pyridine rings is 1. The maximum absolute atomic E-state index is 13.5. The average molecular weight is 495 g/mol. The Morgan fingerprint density at radius 3 is 2.40 bits per heavy atom. The molecule has 3 amide bonds. The Labute approximate surface area is 203 Å². The molecular formula is C24H32F2N4O5. The maximum atomic E-state index is 13.5. The van der Waals surface area contributed by atoms with Gasteiger partial charge < -0.3 is 14.8 Å². The minimum atomic E-state index is -3.08. The van der Waals surface area contributed by atoms with Gasteiger partial charge in [0, 0.05) is 17.8 Å². The topological polar surface area (TPSA) is 113 Å². The number of carbonyl (C=O) groups is 2. The molecule has 1 saturated carbocycles. The van der Waals surface area contributed by atoms with Gasteiger partial charge in [-0.1, -0.05) is 51.3 Å². The van der Waals surface area contributed by atoms with Crippen LogP contribution in [0.1, 0.15) is 57.4 Å². The van der Waals surface area contributed by atoms with E-state index in [1.165, 1.54) is 24.7 Å². The van der Waals surface area contributed by atoms with Crippen LogP contribution in [0.25, 0.3) is 0 Å². The second-order valence-corrected chi connectivity index (χ2v) is 8.14. The quantitative estimate of drug-likeness (QED) is 0.261. The highest BCUT2D eigenvalue weighted by Gasteiger charge is 2.30.